The fraction of sp³-hybridized carbons (Fsp3) is 0.364. The van der Waals surface area contributed by atoms with Crippen molar-refractivity contribution in [1.29, 1.82) is 0 Å². The molecule has 0 radical (unpaired) electrons. The highest BCUT2D eigenvalue weighted by molar-refractivity contribution is 5.85. The summed E-state index contributed by atoms with van der Waals surface area (Å²) in [6.07, 6.45) is 4.29. The van der Waals surface area contributed by atoms with Crippen LogP contribution in [-0.2, 0) is 0 Å². The van der Waals surface area contributed by atoms with Crippen molar-refractivity contribution in [2.24, 2.45) is 0 Å². The summed E-state index contributed by atoms with van der Waals surface area (Å²) in [5, 5.41) is 12.3. The minimum absolute atomic E-state index is 0.0148. The molecule has 0 spiro atoms. The number of hydrogen-bond acceptors (Lipinski definition) is 5. The lowest BCUT2D eigenvalue weighted by atomic mass is 9.89. The molecule has 152 valence electrons. The molecule has 1 saturated heterocycles. The van der Waals surface area contributed by atoms with E-state index in [2.05, 4.69) is 28.2 Å². The number of benzene rings is 2. The minimum Gasteiger partial charge on any atom is -0.497 e. The molecule has 2 aromatic carbocycles. The first kappa shape index (κ1) is 19.3. The Kier molecular flexibility index (Phi) is 5.67. The summed E-state index contributed by atoms with van der Waals surface area (Å²) in [6.45, 7) is 3.18. The van der Waals surface area contributed by atoms with Gasteiger partial charge in [-0.15, -0.1) is 0 Å². The van der Waals surface area contributed by atoms with Crippen LogP contribution in [0.25, 0.3) is 10.9 Å². The summed E-state index contributed by atoms with van der Waals surface area (Å²) < 4.78 is 11.1. The number of H-pyrrole nitrogens is 1. The van der Waals surface area contributed by atoms with Gasteiger partial charge in [0.2, 0.25) is 0 Å². The minimum atomic E-state index is -0.406. The van der Waals surface area contributed by atoms with Crippen LogP contribution in [0.15, 0.2) is 48.7 Å². The molecule has 1 fully saturated rings. The van der Waals surface area contributed by atoms with Crippen LogP contribution in [0.5, 0.6) is 11.5 Å². The summed E-state index contributed by atoms with van der Waals surface area (Å²) in [4.78, 5) is 16.4. The number of fused-ring (bicyclic) bond motifs is 1. The van der Waals surface area contributed by atoms with Gasteiger partial charge in [0.15, 0.2) is 5.75 Å². The third-order valence-electron chi connectivity index (χ3n) is 5.68. The van der Waals surface area contributed by atoms with Crippen LogP contribution in [0.4, 0.5) is 5.69 Å². The van der Waals surface area contributed by atoms with Gasteiger partial charge in [-0.2, -0.15) is 0 Å². The number of nitro groups is 1. The number of aromatic amines is 1. The van der Waals surface area contributed by atoms with Gasteiger partial charge in [-0.05, 0) is 61.7 Å². The largest absolute Gasteiger partial charge is 0.497 e. The van der Waals surface area contributed by atoms with Crippen molar-refractivity contribution in [3.63, 3.8) is 0 Å². The number of nitro benzene ring substituents is 1. The maximum atomic E-state index is 11.1. The quantitative estimate of drug-likeness (QED) is 0.475. The maximum Gasteiger partial charge on any atom is 0.310 e. The second kappa shape index (κ2) is 8.53. The van der Waals surface area contributed by atoms with E-state index in [-0.39, 0.29) is 5.69 Å². The molecule has 0 aliphatic carbocycles. The standard InChI is InChI=1S/C22H25N3O4/c1-28-17-6-7-20-18(14-17)19(15-23-20)16-8-10-24(11-9-16)12-13-29-22-5-3-2-4-21(22)25(26)27/h2-7,14-16,23H,8-13H2,1H3. The van der Waals surface area contributed by atoms with Gasteiger partial charge in [-0.1, -0.05) is 12.1 Å². The van der Waals surface area contributed by atoms with Gasteiger partial charge in [-0.25, -0.2) is 0 Å². The van der Waals surface area contributed by atoms with Gasteiger partial charge >= 0.3 is 5.69 Å². The number of rotatable bonds is 7. The van der Waals surface area contributed by atoms with Gasteiger partial charge in [0.05, 0.1) is 12.0 Å². The van der Waals surface area contributed by atoms with Gasteiger partial charge in [-0.3, -0.25) is 15.0 Å². The molecule has 7 heteroatoms. The highest BCUT2D eigenvalue weighted by Crippen LogP contribution is 2.34. The summed E-state index contributed by atoms with van der Waals surface area (Å²) in [6, 6.07) is 12.7. The van der Waals surface area contributed by atoms with E-state index in [9.17, 15) is 10.1 Å². The molecule has 3 aromatic rings. The Morgan fingerprint density at radius 2 is 2.00 bits per heavy atom. The number of methoxy groups -OCH3 is 1. The number of likely N-dealkylation sites (tertiary alicyclic amines) is 1. The predicted octanol–water partition coefficient (Wildman–Crippen LogP) is 4.34. The molecule has 1 aliphatic heterocycles. The van der Waals surface area contributed by atoms with Crippen LogP contribution in [0.2, 0.25) is 0 Å². The second-order valence-electron chi connectivity index (χ2n) is 7.34. The molecule has 4 rings (SSSR count). The zero-order chi connectivity index (χ0) is 20.2. The molecule has 0 unspecified atom stereocenters. The Morgan fingerprint density at radius 3 is 2.76 bits per heavy atom. The Bertz CT molecular complexity index is 993. The number of para-hydroxylation sites is 2. The van der Waals surface area contributed by atoms with Crippen LogP contribution in [0, 0.1) is 10.1 Å². The number of hydrogen-bond donors (Lipinski definition) is 1. The number of nitrogens with one attached hydrogen (secondary N) is 1. The van der Waals surface area contributed by atoms with Crippen molar-refractivity contribution in [2.75, 3.05) is 33.4 Å². The van der Waals surface area contributed by atoms with Crippen LogP contribution in [0.1, 0.15) is 24.3 Å². The van der Waals surface area contributed by atoms with Crippen molar-refractivity contribution in [1.82, 2.24) is 9.88 Å². The lowest BCUT2D eigenvalue weighted by Gasteiger charge is -2.31. The van der Waals surface area contributed by atoms with Crippen molar-refractivity contribution in [3.8, 4) is 11.5 Å². The predicted molar refractivity (Wildman–Crippen MR) is 112 cm³/mol. The van der Waals surface area contributed by atoms with E-state index in [0.717, 1.165) is 43.7 Å². The lowest BCUT2D eigenvalue weighted by Crippen LogP contribution is -2.35. The first-order chi connectivity index (χ1) is 14.2. The molecule has 0 amide bonds. The van der Waals surface area contributed by atoms with E-state index in [1.807, 2.05) is 6.07 Å². The first-order valence-corrected chi connectivity index (χ1v) is 9.89. The highest BCUT2D eigenvalue weighted by Gasteiger charge is 2.23. The average Bonchev–Trinajstić information content (AvgIpc) is 3.17. The van der Waals surface area contributed by atoms with Crippen molar-refractivity contribution in [3.05, 3.63) is 64.3 Å². The number of nitrogens with zero attached hydrogens (tertiary/aromatic N) is 2. The van der Waals surface area contributed by atoms with Gasteiger partial charge in [0.1, 0.15) is 12.4 Å². The van der Waals surface area contributed by atoms with Crippen LogP contribution < -0.4 is 9.47 Å². The van der Waals surface area contributed by atoms with Crippen molar-refractivity contribution >= 4 is 16.6 Å². The Hall–Kier alpha value is -3.06. The van der Waals surface area contributed by atoms with E-state index < -0.39 is 4.92 Å². The van der Waals surface area contributed by atoms with Crippen LogP contribution >= 0.6 is 0 Å². The van der Waals surface area contributed by atoms with Crippen LogP contribution in [-0.4, -0.2) is 48.2 Å². The molecule has 0 atom stereocenters. The Morgan fingerprint density at radius 1 is 1.21 bits per heavy atom. The molecule has 1 aromatic heterocycles. The number of aromatic nitrogens is 1. The fourth-order valence-electron chi connectivity index (χ4n) is 4.07. The summed E-state index contributed by atoms with van der Waals surface area (Å²) in [7, 11) is 1.69. The van der Waals surface area contributed by atoms with Crippen molar-refractivity contribution < 1.29 is 14.4 Å². The number of ether oxygens (including phenoxy) is 2. The molecular weight excluding hydrogens is 370 g/mol. The maximum absolute atomic E-state index is 11.1. The molecular formula is C22H25N3O4. The first-order valence-electron chi connectivity index (χ1n) is 9.89. The van der Waals surface area contributed by atoms with Crippen LogP contribution in [0.3, 0.4) is 0 Å². The number of piperidine rings is 1. The molecule has 1 N–H and O–H groups in total. The molecule has 0 saturated carbocycles. The summed E-state index contributed by atoms with van der Waals surface area (Å²) >= 11 is 0. The van der Waals surface area contributed by atoms with E-state index >= 15 is 0 Å². The Labute approximate surface area is 169 Å². The summed E-state index contributed by atoms with van der Waals surface area (Å²) in [5.74, 6) is 1.73. The second-order valence-corrected chi connectivity index (χ2v) is 7.34. The molecule has 0 bridgehead atoms. The molecule has 7 nitrogen and oxygen atoms in total. The summed E-state index contributed by atoms with van der Waals surface area (Å²) in [5.41, 5.74) is 2.51. The van der Waals surface area contributed by atoms with E-state index in [0.29, 0.717) is 18.3 Å². The smallest absolute Gasteiger partial charge is 0.310 e. The zero-order valence-corrected chi connectivity index (χ0v) is 16.5. The third kappa shape index (κ3) is 4.19. The van der Waals surface area contributed by atoms with Gasteiger partial charge < -0.3 is 14.5 Å². The highest BCUT2D eigenvalue weighted by atomic mass is 16.6. The normalized spacial score (nSPS) is 15.5. The average molecular weight is 395 g/mol. The van der Waals surface area contributed by atoms with E-state index in [1.54, 1.807) is 25.3 Å². The van der Waals surface area contributed by atoms with E-state index in [1.165, 1.54) is 17.0 Å². The molecule has 2 heterocycles. The topological polar surface area (TPSA) is 80.6 Å². The monoisotopic (exact) mass is 395 g/mol. The Balaban J connectivity index is 1.32. The van der Waals surface area contributed by atoms with E-state index in [4.69, 9.17) is 9.47 Å². The van der Waals surface area contributed by atoms with Crippen molar-refractivity contribution in [2.45, 2.75) is 18.8 Å². The fourth-order valence-corrected chi connectivity index (χ4v) is 4.07. The molecule has 29 heavy (non-hydrogen) atoms. The lowest BCUT2D eigenvalue weighted by molar-refractivity contribution is -0.385. The zero-order valence-electron chi connectivity index (χ0n) is 16.5. The SMILES string of the molecule is COc1ccc2[nH]cc(C3CCN(CCOc4ccccc4[N+](=O)[O-])CC3)c2c1. The van der Waals surface area contributed by atoms with Gasteiger partial charge in [0, 0.05) is 29.7 Å². The molecule has 1 aliphatic rings. The third-order valence-corrected chi connectivity index (χ3v) is 5.68. The van der Waals surface area contributed by atoms with Gasteiger partial charge in [0.25, 0.3) is 0 Å².